The average Bonchev–Trinajstić information content (AvgIpc) is 2.55. The summed E-state index contributed by atoms with van der Waals surface area (Å²) in [5, 5.41) is 3.23. The molecule has 5 heteroatoms. The van der Waals surface area contributed by atoms with Gasteiger partial charge in [-0.2, -0.15) is 4.98 Å². The summed E-state index contributed by atoms with van der Waals surface area (Å²) in [5.41, 5.74) is 2.53. The van der Waals surface area contributed by atoms with E-state index in [0.29, 0.717) is 11.5 Å². The first-order valence-electron chi connectivity index (χ1n) is 8.10. The van der Waals surface area contributed by atoms with Crippen molar-refractivity contribution in [2.75, 3.05) is 23.3 Å². The highest BCUT2D eigenvalue weighted by Crippen LogP contribution is 2.21. The molecule has 5 nitrogen and oxygen atoms in total. The predicted octanol–water partition coefficient (Wildman–Crippen LogP) is 3.72. The third kappa shape index (κ3) is 3.86. The molecule has 23 heavy (non-hydrogen) atoms. The summed E-state index contributed by atoms with van der Waals surface area (Å²) in [7, 11) is 0. The molecule has 0 unspecified atom stereocenters. The van der Waals surface area contributed by atoms with Gasteiger partial charge in [-0.25, -0.2) is 4.98 Å². The fraction of sp³-hybridized carbons (Fsp3) is 0.389. The maximum atomic E-state index is 11.3. The van der Waals surface area contributed by atoms with Crippen LogP contribution in [-0.4, -0.2) is 28.8 Å². The van der Waals surface area contributed by atoms with E-state index in [-0.39, 0.29) is 5.78 Å². The summed E-state index contributed by atoms with van der Waals surface area (Å²) in [4.78, 5) is 22.8. The minimum Gasteiger partial charge on any atom is -0.356 e. The van der Waals surface area contributed by atoms with Crippen molar-refractivity contribution in [2.24, 2.45) is 0 Å². The zero-order valence-corrected chi connectivity index (χ0v) is 13.7. The molecule has 0 spiro atoms. The summed E-state index contributed by atoms with van der Waals surface area (Å²) in [6, 6.07) is 9.42. The third-order valence-corrected chi connectivity index (χ3v) is 4.07. The number of aryl methyl sites for hydroxylation is 1. The summed E-state index contributed by atoms with van der Waals surface area (Å²) in [6.07, 6.45) is 3.74. The highest BCUT2D eigenvalue weighted by Gasteiger charge is 2.14. The number of rotatable bonds is 4. The summed E-state index contributed by atoms with van der Waals surface area (Å²) >= 11 is 0. The summed E-state index contributed by atoms with van der Waals surface area (Å²) in [6.45, 7) is 5.67. The van der Waals surface area contributed by atoms with Crippen LogP contribution in [0.25, 0.3) is 0 Å². The fourth-order valence-corrected chi connectivity index (χ4v) is 2.81. The van der Waals surface area contributed by atoms with Crippen molar-refractivity contribution >= 4 is 23.2 Å². The van der Waals surface area contributed by atoms with Crippen LogP contribution < -0.4 is 10.2 Å². The number of carbonyl (C=O) groups excluding carboxylic acids is 1. The van der Waals surface area contributed by atoms with Crippen molar-refractivity contribution in [1.29, 1.82) is 0 Å². The maximum Gasteiger partial charge on any atom is 0.229 e. The van der Waals surface area contributed by atoms with Crippen LogP contribution in [0, 0.1) is 6.92 Å². The first-order valence-corrected chi connectivity index (χ1v) is 8.10. The second-order valence-electron chi connectivity index (χ2n) is 6.00. The van der Waals surface area contributed by atoms with Gasteiger partial charge in [-0.1, -0.05) is 0 Å². The molecule has 2 aromatic rings. The quantitative estimate of drug-likeness (QED) is 0.872. The van der Waals surface area contributed by atoms with Gasteiger partial charge in [0.1, 0.15) is 5.82 Å². The molecule has 0 aliphatic carbocycles. The smallest absolute Gasteiger partial charge is 0.229 e. The van der Waals surface area contributed by atoms with Crippen LogP contribution >= 0.6 is 0 Å². The summed E-state index contributed by atoms with van der Waals surface area (Å²) in [5.74, 6) is 1.65. The average molecular weight is 310 g/mol. The highest BCUT2D eigenvalue weighted by molar-refractivity contribution is 5.94. The number of hydrogen-bond acceptors (Lipinski definition) is 5. The third-order valence-electron chi connectivity index (χ3n) is 4.07. The SMILES string of the molecule is CC(=O)c1ccc(Nc2nc(C)cc(N3CCCCC3)n2)cc1. The predicted molar refractivity (Wildman–Crippen MR) is 92.6 cm³/mol. The van der Waals surface area contributed by atoms with E-state index >= 15 is 0 Å². The number of nitrogens with one attached hydrogen (secondary N) is 1. The number of ketones is 1. The number of Topliss-reactive ketones (excluding diaryl/α,β-unsaturated/α-hetero) is 1. The molecule has 2 heterocycles. The zero-order valence-electron chi connectivity index (χ0n) is 13.7. The molecule has 0 amide bonds. The standard InChI is InChI=1S/C18H22N4O/c1-13-12-17(22-10-4-3-5-11-22)21-18(19-13)20-16-8-6-15(7-9-16)14(2)23/h6-9,12H,3-5,10-11H2,1-2H3,(H,19,20,21). The molecule has 1 fully saturated rings. The Morgan fingerprint density at radius 3 is 2.43 bits per heavy atom. The zero-order chi connectivity index (χ0) is 16.2. The van der Waals surface area contributed by atoms with Crippen molar-refractivity contribution in [3.8, 4) is 0 Å². The van der Waals surface area contributed by atoms with E-state index < -0.39 is 0 Å². The Morgan fingerprint density at radius 1 is 1.09 bits per heavy atom. The van der Waals surface area contributed by atoms with E-state index in [2.05, 4.69) is 20.2 Å². The number of aromatic nitrogens is 2. The van der Waals surface area contributed by atoms with Gasteiger partial charge in [0.05, 0.1) is 0 Å². The molecule has 1 aromatic carbocycles. The van der Waals surface area contributed by atoms with Gasteiger partial charge in [0.2, 0.25) is 5.95 Å². The minimum atomic E-state index is 0.0655. The lowest BCUT2D eigenvalue weighted by Gasteiger charge is -2.28. The van der Waals surface area contributed by atoms with Gasteiger partial charge in [-0.15, -0.1) is 0 Å². The topological polar surface area (TPSA) is 58.1 Å². The molecular weight excluding hydrogens is 288 g/mol. The van der Waals surface area contributed by atoms with E-state index in [4.69, 9.17) is 0 Å². The molecule has 1 aliphatic rings. The molecule has 1 N–H and O–H groups in total. The first kappa shape index (κ1) is 15.5. The number of benzene rings is 1. The van der Waals surface area contributed by atoms with Crippen molar-refractivity contribution in [1.82, 2.24) is 9.97 Å². The molecular formula is C18H22N4O. The number of piperidine rings is 1. The van der Waals surface area contributed by atoms with Crippen LogP contribution in [-0.2, 0) is 0 Å². The fourth-order valence-electron chi connectivity index (χ4n) is 2.81. The van der Waals surface area contributed by atoms with Gasteiger partial charge in [-0.05, 0) is 57.4 Å². The van der Waals surface area contributed by atoms with Crippen molar-refractivity contribution < 1.29 is 4.79 Å². The lowest BCUT2D eigenvalue weighted by atomic mass is 10.1. The van der Waals surface area contributed by atoms with Gasteiger partial charge in [0.15, 0.2) is 5.78 Å². The van der Waals surface area contributed by atoms with Crippen molar-refractivity contribution in [2.45, 2.75) is 33.1 Å². The van der Waals surface area contributed by atoms with E-state index in [9.17, 15) is 4.79 Å². The highest BCUT2D eigenvalue weighted by atomic mass is 16.1. The molecule has 3 rings (SSSR count). The van der Waals surface area contributed by atoms with Gasteiger partial charge in [0.25, 0.3) is 0 Å². The molecule has 0 radical (unpaired) electrons. The lowest BCUT2D eigenvalue weighted by Crippen LogP contribution is -2.30. The van der Waals surface area contributed by atoms with Crippen LogP contribution in [0.3, 0.4) is 0 Å². The monoisotopic (exact) mass is 310 g/mol. The molecule has 0 saturated carbocycles. The Morgan fingerprint density at radius 2 is 1.78 bits per heavy atom. The molecule has 1 aliphatic heterocycles. The molecule has 120 valence electrons. The minimum absolute atomic E-state index is 0.0655. The first-order chi connectivity index (χ1) is 11.1. The van der Waals surface area contributed by atoms with Crippen LogP contribution in [0.4, 0.5) is 17.5 Å². The van der Waals surface area contributed by atoms with Crippen LogP contribution in [0.2, 0.25) is 0 Å². The number of nitrogens with zero attached hydrogens (tertiary/aromatic N) is 3. The normalized spacial score (nSPS) is 14.6. The van der Waals surface area contributed by atoms with Crippen LogP contribution in [0.15, 0.2) is 30.3 Å². The van der Waals surface area contributed by atoms with Crippen LogP contribution in [0.5, 0.6) is 0 Å². The molecule has 1 saturated heterocycles. The number of carbonyl (C=O) groups is 1. The Balaban J connectivity index is 1.79. The van der Waals surface area contributed by atoms with Gasteiger partial charge in [0, 0.05) is 36.1 Å². The van der Waals surface area contributed by atoms with Crippen molar-refractivity contribution in [3.05, 3.63) is 41.6 Å². The second-order valence-corrected chi connectivity index (χ2v) is 6.00. The van der Waals surface area contributed by atoms with Gasteiger partial charge < -0.3 is 10.2 Å². The maximum absolute atomic E-state index is 11.3. The number of anilines is 3. The van der Waals surface area contributed by atoms with Crippen molar-refractivity contribution in [3.63, 3.8) is 0 Å². The van der Waals surface area contributed by atoms with E-state index in [1.54, 1.807) is 6.92 Å². The van der Waals surface area contributed by atoms with E-state index in [1.165, 1.54) is 19.3 Å². The molecule has 1 aromatic heterocycles. The Hall–Kier alpha value is -2.43. The summed E-state index contributed by atoms with van der Waals surface area (Å²) < 4.78 is 0. The molecule has 0 atom stereocenters. The van der Waals surface area contributed by atoms with Gasteiger partial charge >= 0.3 is 0 Å². The number of hydrogen-bond donors (Lipinski definition) is 1. The Kier molecular flexibility index (Phi) is 4.55. The largest absolute Gasteiger partial charge is 0.356 e. The van der Waals surface area contributed by atoms with E-state index in [1.807, 2.05) is 37.3 Å². The Bertz CT molecular complexity index is 691. The van der Waals surface area contributed by atoms with Crippen LogP contribution in [0.1, 0.15) is 42.2 Å². The lowest BCUT2D eigenvalue weighted by molar-refractivity contribution is 0.101. The van der Waals surface area contributed by atoms with E-state index in [0.717, 1.165) is 30.3 Å². The Labute approximate surface area is 136 Å². The molecule has 0 bridgehead atoms. The van der Waals surface area contributed by atoms with Gasteiger partial charge in [-0.3, -0.25) is 4.79 Å². The second kappa shape index (κ2) is 6.77.